The summed E-state index contributed by atoms with van der Waals surface area (Å²) in [6, 6.07) is 10.8. The van der Waals surface area contributed by atoms with E-state index < -0.39 is 17.6 Å². The maximum atomic E-state index is 13.6. The van der Waals surface area contributed by atoms with Gasteiger partial charge in [-0.1, -0.05) is 12.1 Å². The lowest BCUT2D eigenvalue weighted by Crippen LogP contribution is -2.49. The Morgan fingerprint density at radius 1 is 1.03 bits per heavy atom. The molecule has 3 aromatic rings. The zero-order chi connectivity index (χ0) is 25.0. The molecule has 0 radical (unpaired) electrons. The minimum absolute atomic E-state index is 0.0315. The van der Waals surface area contributed by atoms with Crippen molar-refractivity contribution in [1.29, 1.82) is 0 Å². The lowest BCUT2D eigenvalue weighted by Gasteiger charge is -2.35. The maximum Gasteiger partial charge on any atom is 0.416 e. The number of carbonyl (C=O) groups excluding carboxylic acids is 1. The lowest BCUT2D eigenvalue weighted by molar-refractivity contribution is -0.137. The van der Waals surface area contributed by atoms with Crippen LogP contribution >= 0.6 is 0 Å². The van der Waals surface area contributed by atoms with Crippen molar-refractivity contribution in [3.05, 3.63) is 77.6 Å². The molecule has 1 saturated heterocycles. The minimum atomic E-state index is -4.57. The van der Waals surface area contributed by atoms with Gasteiger partial charge in [0, 0.05) is 49.7 Å². The quantitative estimate of drug-likeness (QED) is 0.434. The van der Waals surface area contributed by atoms with E-state index in [0.717, 1.165) is 12.1 Å². The molecule has 1 N–H and O–H groups in total. The van der Waals surface area contributed by atoms with Gasteiger partial charge in [0.25, 0.3) is 5.91 Å². The highest BCUT2D eigenvalue weighted by molar-refractivity contribution is 6.24. The molecule has 0 unspecified atom stereocenters. The maximum absolute atomic E-state index is 13.6. The van der Waals surface area contributed by atoms with Crippen molar-refractivity contribution < 1.29 is 27.8 Å². The van der Waals surface area contributed by atoms with E-state index in [0.29, 0.717) is 37.9 Å². The molecule has 1 fully saturated rings. The third-order valence-electron chi connectivity index (χ3n) is 5.67. The highest BCUT2D eigenvalue weighted by Gasteiger charge is 2.32. The number of ether oxygens (including phenoxy) is 1. The van der Waals surface area contributed by atoms with Crippen LogP contribution < -0.4 is 9.64 Å². The van der Waals surface area contributed by atoms with Gasteiger partial charge in [-0.05, 0) is 48.0 Å². The largest absolute Gasteiger partial charge is 0.507 e. The summed E-state index contributed by atoms with van der Waals surface area (Å²) >= 11 is 0. The second-order valence-electron chi connectivity index (χ2n) is 7.89. The number of rotatable bonds is 5. The number of nitrogens with zero attached hydrogens (tertiary/aromatic N) is 4. The average Bonchev–Trinajstić information content (AvgIpc) is 2.88. The molecule has 2 heterocycles. The van der Waals surface area contributed by atoms with E-state index in [1.54, 1.807) is 29.4 Å². The summed E-state index contributed by atoms with van der Waals surface area (Å²) in [6.07, 6.45) is 0.0931. The first kappa shape index (κ1) is 24.1. The van der Waals surface area contributed by atoms with Crippen LogP contribution in [0.4, 0.5) is 19.1 Å². The number of halogens is 3. The number of carbonyl (C=O) groups is 1. The summed E-state index contributed by atoms with van der Waals surface area (Å²) in [7, 11) is 1.45. The van der Waals surface area contributed by atoms with Crippen LogP contribution in [0.1, 0.15) is 16.7 Å². The number of anilines is 1. The first-order valence-corrected chi connectivity index (χ1v) is 10.8. The Hall–Kier alpha value is -4.08. The number of phenols is 1. The van der Waals surface area contributed by atoms with Crippen LogP contribution in [0.2, 0.25) is 0 Å². The predicted molar refractivity (Wildman–Crippen MR) is 125 cm³/mol. The van der Waals surface area contributed by atoms with Crippen molar-refractivity contribution in [2.24, 2.45) is 0 Å². The van der Waals surface area contributed by atoms with E-state index in [-0.39, 0.29) is 22.4 Å². The standard InChI is InChI=1S/C25H23F3N4O3/c1-35-20-6-7-22(33)18(15-20)16-21(17-4-2-5-19(14-17)25(26,27)28)23(34)31-10-12-32(13-11-31)24-29-8-3-9-30-24/h2-9,14-16,33H,10-13H2,1H3/b21-16+. The molecular formula is C25H23F3N4O3. The average molecular weight is 484 g/mol. The van der Waals surface area contributed by atoms with Crippen molar-refractivity contribution in [2.45, 2.75) is 6.18 Å². The molecule has 0 saturated carbocycles. The number of aromatic nitrogens is 2. The van der Waals surface area contributed by atoms with Crippen molar-refractivity contribution in [2.75, 3.05) is 38.2 Å². The molecule has 182 valence electrons. The van der Waals surface area contributed by atoms with E-state index >= 15 is 0 Å². The number of methoxy groups -OCH3 is 1. The Labute approximate surface area is 200 Å². The SMILES string of the molecule is COc1ccc(O)c(/C=C(/C(=O)N2CCN(c3ncccn3)CC2)c2cccc(C(F)(F)F)c2)c1. The number of alkyl halides is 3. The van der Waals surface area contributed by atoms with Crippen molar-refractivity contribution in [3.63, 3.8) is 0 Å². The molecule has 7 nitrogen and oxygen atoms in total. The van der Waals surface area contributed by atoms with E-state index in [2.05, 4.69) is 9.97 Å². The van der Waals surface area contributed by atoms with Gasteiger partial charge in [-0.15, -0.1) is 0 Å². The van der Waals surface area contributed by atoms with Crippen LogP contribution in [0.15, 0.2) is 60.9 Å². The Balaban J connectivity index is 1.68. The second kappa shape index (κ2) is 10.0. The fourth-order valence-corrected chi connectivity index (χ4v) is 3.80. The van der Waals surface area contributed by atoms with E-state index in [1.807, 2.05) is 4.90 Å². The van der Waals surface area contributed by atoms with Gasteiger partial charge >= 0.3 is 6.18 Å². The summed E-state index contributed by atoms with van der Waals surface area (Å²) in [5.74, 6) is 0.408. The number of piperazine rings is 1. The molecule has 1 aliphatic rings. The normalized spacial score (nSPS) is 14.7. The number of hydrogen-bond donors (Lipinski definition) is 1. The fraction of sp³-hybridized carbons (Fsp3) is 0.240. The molecule has 1 aromatic heterocycles. The molecule has 10 heteroatoms. The first-order valence-electron chi connectivity index (χ1n) is 10.8. The molecule has 4 rings (SSSR count). The second-order valence-corrected chi connectivity index (χ2v) is 7.89. The zero-order valence-electron chi connectivity index (χ0n) is 18.9. The number of benzene rings is 2. The smallest absolute Gasteiger partial charge is 0.416 e. The van der Waals surface area contributed by atoms with Crippen LogP contribution in [0.3, 0.4) is 0 Å². The molecule has 1 aliphatic heterocycles. The van der Waals surface area contributed by atoms with Crippen LogP contribution in [-0.4, -0.2) is 59.2 Å². The van der Waals surface area contributed by atoms with E-state index in [4.69, 9.17) is 4.74 Å². The van der Waals surface area contributed by atoms with Crippen LogP contribution in [0.25, 0.3) is 11.6 Å². The third kappa shape index (κ3) is 5.53. The van der Waals surface area contributed by atoms with Gasteiger partial charge in [0.15, 0.2) is 0 Å². The Morgan fingerprint density at radius 3 is 2.40 bits per heavy atom. The molecule has 0 atom stereocenters. The summed E-state index contributed by atoms with van der Waals surface area (Å²) in [5.41, 5.74) is -0.485. The lowest BCUT2D eigenvalue weighted by atomic mass is 9.98. The van der Waals surface area contributed by atoms with Gasteiger partial charge in [0.2, 0.25) is 5.95 Å². The van der Waals surface area contributed by atoms with Crippen molar-refractivity contribution >= 4 is 23.5 Å². The molecule has 0 aliphatic carbocycles. The molecule has 0 spiro atoms. The van der Waals surface area contributed by atoms with Gasteiger partial charge in [0.05, 0.1) is 12.7 Å². The molecule has 1 amide bonds. The Kier molecular flexibility index (Phi) is 6.90. The van der Waals surface area contributed by atoms with Gasteiger partial charge < -0.3 is 19.6 Å². The number of amides is 1. The van der Waals surface area contributed by atoms with Crippen molar-refractivity contribution in [3.8, 4) is 11.5 Å². The van der Waals surface area contributed by atoms with Crippen LogP contribution in [0.5, 0.6) is 11.5 Å². The number of hydrogen-bond acceptors (Lipinski definition) is 6. The summed E-state index contributed by atoms with van der Waals surface area (Å²) in [5, 5.41) is 10.3. The van der Waals surface area contributed by atoms with Crippen molar-refractivity contribution in [1.82, 2.24) is 14.9 Å². The zero-order valence-corrected chi connectivity index (χ0v) is 18.9. The van der Waals surface area contributed by atoms with Gasteiger partial charge in [-0.25, -0.2) is 9.97 Å². The third-order valence-corrected chi connectivity index (χ3v) is 5.67. The molecule has 0 bridgehead atoms. The summed E-state index contributed by atoms with van der Waals surface area (Å²) < 4.78 is 45.4. The predicted octanol–water partition coefficient (Wildman–Crippen LogP) is 4.10. The Bertz CT molecular complexity index is 1220. The first-order chi connectivity index (χ1) is 16.8. The fourth-order valence-electron chi connectivity index (χ4n) is 3.80. The minimum Gasteiger partial charge on any atom is -0.507 e. The number of phenolic OH excluding ortho intramolecular Hbond substituents is 1. The van der Waals surface area contributed by atoms with Crippen LogP contribution in [-0.2, 0) is 11.0 Å². The van der Waals surface area contributed by atoms with Crippen LogP contribution in [0, 0.1) is 0 Å². The van der Waals surface area contributed by atoms with Gasteiger partial charge in [-0.2, -0.15) is 13.2 Å². The van der Waals surface area contributed by atoms with Gasteiger partial charge in [-0.3, -0.25) is 4.79 Å². The van der Waals surface area contributed by atoms with Gasteiger partial charge in [0.1, 0.15) is 11.5 Å². The van der Waals surface area contributed by atoms with E-state index in [9.17, 15) is 23.1 Å². The summed E-state index contributed by atoms with van der Waals surface area (Å²) in [4.78, 5) is 25.5. The molecule has 2 aromatic carbocycles. The highest BCUT2D eigenvalue weighted by atomic mass is 19.4. The number of aromatic hydroxyl groups is 1. The molecular weight excluding hydrogens is 461 g/mol. The topological polar surface area (TPSA) is 78.8 Å². The monoisotopic (exact) mass is 484 g/mol. The summed E-state index contributed by atoms with van der Waals surface area (Å²) in [6.45, 7) is 1.60. The molecule has 35 heavy (non-hydrogen) atoms. The Morgan fingerprint density at radius 2 is 1.74 bits per heavy atom. The van der Waals surface area contributed by atoms with E-state index in [1.165, 1.54) is 37.5 Å². The highest BCUT2D eigenvalue weighted by Crippen LogP contribution is 2.33.